The molecule has 0 aliphatic rings. The van der Waals surface area contributed by atoms with E-state index in [4.69, 9.17) is 28.9 Å². The van der Waals surface area contributed by atoms with Crippen molar-refractivity contribution in [3.05, 3.63) is 144 Å². The van der Waals surface area contributed by atoms with Gasteiger partial charge in [-0.25, -0.2) is 9.97 Å². The van der Waals surface area contributed by atoms with E-state index in [9.17, 15) is 0 Å². The molecule has 5 aromatic carbocycles. The Labute approximate surface area is 281 Å². The third-order valence-electron chi connectivity index (χ3n) is 7.95. The van der Waals surface area contributed by atoms with Crippen molar-refractivity contribution in [3.8, 4) is 56.9 Å². The second-order valence-electron chi connectivity index (χ2n) is 10.9. The maximum absolute atomic E-state index is 5.58. The van der Waals surface area contributed by atoms with Crippen LogP contribution in [-0.2, 0) is 0 Å². The van der Waals surface area contributed by atoms with Crippen molar-refractivity contribution in [1.29, 1.82) is 0 Å². The molecule has 0 amide bonds. The molecule has 0 radical (unpaired) electrons. The first-order chi connectivity index (χ1) is 23.6. The zero-order chi connectivity index (χ0) is 33.3. The zero-order valence-corrected chi connectivity index (χ0v) is 27.4. The molecular formula is C42H36N2O4. The fourth-order valence-corrected chi connectivity index (χ4v) is 5.45. The molecule has 0 atom stereocenters. The molecule has 0 aliphatic carbocycles. The van der Waals surface area contributed by atoms with Crippen LogP contribution in [0.3, 0.4) is 0 Å². The van der Waals surface area contributed by atoms with Gasteiger partial charge in [0.05, 0.1) is 39.8 Å². The Bertz CT molecular complexity index is 1920. The van der Waals surface area contributed by atoms with E-state index in [-0.39, 0.29) is 0 Å². The van der Waals surface area contributed by atoms with Crippen molar-refractivity contribution in [2.24, 2.45) is 0 Å². The fraction of sp³-hybridized carbons (Fsp3) is 0.0952. The normalized spacial score (nSPS) is 11.2. The number of rotatable bonds is 11. The van der Waals surface area contributed by atoms with Crippen LogP contribution in [0.25, 0.3) is 58.2 Å². The predicted molar refractivity (Wildman–Crippen MR) is 195 cm³/mol. The second-order valence-corrected chi connectivity index (χ2v) is 10.9. The van der Waals surface area contributed by atoms with E-state index in [1.54, 1.807) is 28.4 Å². The minimum absolute atomic E-state index is 0.672. The maximum atomic E-state index is 5.58. The zero-order valence-electron chi connectivity index (χ0n) is 27.4. The third-order valence-corrected chi connectivity index (χ3v) is 7.95. The van der Waals surface area contributed by atoms with Gasteiger partial charge in [-0.05, 0) is 29.3 Å². The van der Waals surface area contributed by atoms with E-state index in [0.717, 1.165) is 50.3 Å². The van der Waals surface area contributed by atoms with Crippen LogP contribution < -0.4 is 18.9 Å². The van der Waals surface area contributed by atoms with Crippen molar-refractivity contribution < 1.29 is 18.9 Å². The Morgan fingerprint density at radius 2 is 0.875 bits per heavy atom. The number of aromatic nitrogens is 2. The summed E-state index contributed by atoms with van der Waals surface area (Å²) >= 11 is 0. The first-order valence-corrected chi connectivity index (χ1v) is 15.5. The molecular weight excluding hydrogens is 596 g/mol. The van der Waals surface area contributed by atoms with Gasteiger partial charge in [0.25, 0.3) is 0 Å². The molecule has 0 aliphatic heterocycles. The van der Waals surface area contributed by atoms with E-state index in [1.165, 1.54) is 0 Å². The standard InChI is InChI=1S/C42H36N2O4/c1-45-38-14-8-12-33(40(38)47-3)26-20-29-16-22-31(23-17-29)36-28-37(44-42(43-36)35-10-6-5-7-11-35)32-24-18-30(19-25-32)21-27-34-13-9-15-39(46-2)41(34)48-4/h5-28H,1-4H3/b26-20+,27-21+. The van der Waals surface area contributed by atoms with Crippen LogP contribution in [-0.4, -0.2) is 38.4 Å². The summed E-state index contributed by atoms with van der Waals surface area (Å²) in [6.07, 6.45) is 8.17. The number of para-hydroxylation sites is 2. The third kappa shape index (κ3) is 7.13. The SMILES string of the molecule is COc1cccc(/C=C/c2ccc(-c3cc(-c4ccc(/C=C/c5cccc(OC)c5OC)cc4)nc(-c4ccccc4)n3)cc2)c1OC. The molecule has 6 rings (SSSR count). The van der Waals surface area contributed by atoms with E-state index in [2.05, 4.69) is 60.7 Å². The number of nitrogens with zero attached hydrogens (tertiary/aromatic N) is 2. The van der Waals surface area contributed by atoms with Crippen molar-refractivity contribution in [2.75, 3.05) is 28.4 Å². The number of hydrogen-bond donors (Lipinski definition) is 0. The summed E-state index contributed by atoms with van der Waals surface area (Å²) in [5, 5.41) is 0. The highest BCUT2D eigenvalue weighted by atomic mass is 16.5. The first kappa shape index (κ1) is 31.8. The lowest BCUT2D eigenvalue weighted by molar-refractivity contribution is 0.354. The van der Waals surface area contributed by atoms with Gasteiger partial charge >= 0.3 is 0 Å². The highest BCUT2D eigenvalue weighted by molar-refractivity contribution is 5.78. The van der Waals surface area contributed by atoms with E-state index >= 15 is 0 Å². The van der Waals surface area contributed by atoms with Crippen LogP contribution in [0.2, 0.25) is 0 Å². The number of methoxy groups -OCH3 is 4. The highest BCUT2D eigenvalue weighted by Gasteiger charge is 2.12. The minimum atomic E-state index is 0.672. The maximum Gasteiger partial charge on any atom is 0.167 e. The van der Waals surface area contributed by atoms with Crippen molar-refractivity contribution >= 4 is 24.3 Å². The lowest BCUT2D eigenvalue weighted by Crippen LogP contribution is -1.96. The summed E-state index contributed by atoms with van der Waals surface area (Å²) in [4.78, 5) is 9.97. The van der Waals surface area contributed by atoms with Crippen molar-refractivity contribution in [2.45, 2.75) is 0 Å². The number of hydrogen-bond acceptors (Lipinski definition) is 6. The molecule has 1 aromatic heterocycles. The number of benzene rings is 5. The number of ether oxygens (including phenoxy) is 4. The largest absolute Gasteiger partial charge is 0.493 e. The van der Waals surface area contributed by atoms with Crippen LogP contribution >= 0.6 is 0 Å². The molecule has 6 nitrogen and oxygen atoms in total. The molecule has 0 spiro atoms. The summed E-state index contributed by atoms with van der Waals surface area (Å²) in [5.74, 6) is 3.48. The second kappa shape index (κ2) is 15.0. The minimum Gasteiger partial charge on any atom is -0.493 e. The van der Waals surface area contributed by atoms with Crippen molar-refractivity contribution in [1.82, 2.24) is 9.97 Å². The van der Waals surface area contributed by atoms with Gasteiger partial charge < -0.3 is 18.9 Å². The Balaban J connectivity index is 1.29. The van der Waals surface area contributed by atoms with Gasteiger partial charge in [0, 0.05) is 27.8 Å². The lowest BCUT2D eigenvalue weighted by atomic mass is 10.0. The fourth-order valence-electron chi connectivity index (χ4n) is 5.45. The van der Waals surface area contributed by atoms with Crippen LogP contribution in [0.4, 0.5) is 0 Å². The van der Waals surface area contributed by atoms with Gasteiger partial charge in [-0.15, -0.1) is 0 Å². The molecule has 0 N–H and O–H groups in total. The van der Waals surface area contributed by atoms with Crippen LogP contribution in [0.1, 0.15) is 22.3 Å². The average molecular weight is 633 g/mol. The molecule has 0 bridgehead atoms. The molecule has 0 saturated heterocycles. The Morgan fingerprint density at radius 1 is 0.417 bits per heavy atom. The van der Waals surface area contributed by atoms with Gasteiger partial charge in [0.15, 0.2) is 28.8 Å². The molecule has 238 valence electrons. The summed E-state index contributed by atoms with van der Waals surface area (Å²) in [7, 11) is 6.58. The Hall–Kier alpha value is -6.14. The van der Waals surface area contributed by atoms with Gasteiger partial charge in [-0.1, -0.05) is 127 Å². The summed E-state index contributed by atoms with van der Waals surface area (Å²) in [6.45, 7) is 0. The molecule has 48 heavy (non-hydrogen) atoms. The quantitative estimate of drug-likeness (QED) is 0.133. The molecule has 0 saturated carbocycles. The summed E-state index contributed by atoms with van der Waals surface area (Å²) in [5.41, 5.74) is 8.63. The Morgan fingerprint density at radius 3 is 1.29 bits per heavy atom. The predicted octanol–water partition coefficient (Wildman–Crippen LogP) is 9.85. The Kier molecular flexibility index (Phi) is 9.92. The smallest absolute Gasteiger partial charge is 0.167 e. The topological polar surface area (TPSA) is 62.7 Å². The average Bonchev–Trinajstić information content (AvgIpc) is 3.16. The molecule has 0 fully saturated rings. The van der Waals surface area contributed by atoms with Gasteiger partial charge in [-0.2, -0.15) is 0 Å². The molecule has 6 aromatic rings. The van der Waals surface area contributed by atoms with E-state index in [0.29, 0.717) is 28.8 Å². The summed E-state index contributed by atoms with van der Waals surface area (Å²) in [6, 6.07) is 40.5. The summed E-state index contributed by atoms with van der Waals surface area (Å²) < 4.78 is 22.0. The van der Waals surface area contributed by atoms with Crippen LogP contribution in [0, 0.1) is 0 Å². The van der Waals surface area contributed by atoms with Crippen molar-refractivity contribution in [3.63, 3.8) is 0 Å². The van der Waals surface area contributed by atoms with E-state index < -0.39 is 0 Å². The highest BCUT2D eigenvalue weighted by Crippen LogP contribution is 2.34. The monoisotopic (exact) mass is 632 g/mol. The lowest BCUT2D eigenvalue weighted by Gasteiger charge is -2.11. The first-order valence-electron chi connectivity index (χ1n) is 15.5. The molecule has 0 unspecified atom stereocenters. The molecule has 1 heterocycles. The molecule has 6 heteroatoms. The van der Waals surface area contributed by atoms with Gasteiger partial charge in [0.1, 0.15) is 0 Å². The van der Waals surface area contributed by atoms with Gasteiger partial charge in [-0.3, -0.25) is 0 Å². The van der Waals surface area contributed by atoms with Gasteiger partial charge in [0.2, 0.25) is 0 Å². The van der Waals surface area contributed by atoms with E-state index in [1.807, 2.05) is 84.9 Å². The van der Waals surface area contributed by atoms with Crippen LogP contribution in [0.15, 0.2) is 121 Å². The van der Waals surface area contributed by atoms with Crippen LogP contribution in [0.5, 0.6) is 23.0 Å².